The summed E-state index contributed by atoms with van der Waals surface area (Å²) in [4.78, 5) is -0.0694. The largest absolute Gasteiger partial charge is 0.388 e. The van der Waals surface area contributed by atoms with Crippen molar-refractivity contribution in [3.8, 4) is 0 Å². The third-order valence-corrected chi connectivity index (χ3v) is 1.71. The predicted molar refractivity (Wildman–Crippen MR) is 39.1 cm³/mol. The molecule has 0 spiro atoms. The number of hydrogen-bond donors (Lipinski definition) is 1. The summed E-state index contributed by atoms with van der Waals surface area (Å²) in [6, 6.07) is 0. The lowest BCUT2D eigenvalue weighted by Gasteiger charge is -2.05. The van der Waals surface area contributed by atoms with E-state index in [4.69, 9.17) is 5.11 Å². The van der Waals surface area contributed by atoms with Crippen molar-refractivity contribution in [3.63, 3.8) is 0 Å². The first-order valence-corrected chi connectivity index (χ1v) is 3.21. The van der Waals surface area contributed by atoms with E-state index in [1.165, 1.54) is 6.08 Å². The van der Waals surface area contributed by atoms with E-state index in [2.05, 4.69) is 29.1 Å². The van der Waals surface area contributed by atoms with Gasteiger partial charge in [0.2, 0.25) is 0 Å². The van der Waals surface area contributed by atoms with Gasteiger partial charge in [0.1, 0.15) is 0 Å². The zero-order valence-corrected chi connectivity index (χ0v) is 6.13. The van der Waals surface area contributed by atoms with Crippen molar-refractivity contribution >= 4 is 15.9 Å². The molecule has 8 heavy (non-hydrogen) atoms. The minimum absolute atomic E-state index is 0.0694. The van der Waals surface area contributed by atoms with Crippen LogP contribution in [0.1, 0.15) is 0 Å². The number of alkyl halides is 1. The number of hydrogen-bond acceptors (Lipinski definition) is 1. The summed E-state index contributed by atoms with van der Waals surface area (Å²) in [6.45, 7) is 6.88. The molecule has 0 aliphatic heterocycles. The van der Waals surface area contributed by atoms with E-state index in [0.717, 1.165) is 0 Å². The fraction of sp³-hybridized carbons (Fsp3) is 0.333. The highest BCUT2D eigenvalue weighted by molar-refractivity contribution is 9.09. The highest BCUT2D eigenvalue weighted by Gasteiger charge is 2.05. The molecule has 0 rings (SSSR count). The van der Waals surface area contributed by atoms with Crippen molar-refractivity contribution in [1.29, 1.82) is 0 Å². The quantitative estimate of drug-likeness (QED) is 0.511. The fourth-order valence-corrected chi connectivity index (χ4v) is 0.485. The van der Waals surface area contributed by atoms with Crippen LogP contribution in [0.25, 0.3) is 0 Å². The Morgan fingerprint density at radius 3 is 2.00 bits per heavy atom. The third-order valence-electron chi connectivity index (χ3n) is 0.793. The average Bonchev–Trinajstić information content (AvgIpc) is 1.84. The van der Waals surface area contributed by atoms with Gasteiger partial charge >= 0.3 is 0 Å². The smallest absolute Gasteiger partial charge is 0.0878 e. The summed E-state index contributed by atoms with van der Waals surface area (Å²) in [7, 11) is 0. The van der Waals surface area contributed by atoms with Gasteiger partial charge in [0.05, 0.1) is 10.9 Å². The molecule has 0 aromatic rings. The molecule has 0 bridgehead atoms. The van der Waals surface area contributed by atoms with Gasteiger partial charge in [-0.2, -0.15) is 0 Å². The maximum absolute atomic E-state index is 8.89. The van der Waals surface area contributed by atoms with E-state index in [-0.39, 0.29) is 4.83 Å². The summed E-state index contributed by atoms with van der Waals surface area (Å²) in [5.74, 6) is 0. The first-order valence-electron chi connectivity index (χ1n) is 2.29. The van der Waals surface area contributed by atoms with Crippen molar-refractivity contribution in [2.24, 2.45) is 0 Å². The van der Waals surface area contributed by atoms with Crippen LogP contribution in [0.4, 0.5) is 0 Å². The second-order valence-electron chi connectivity index (χ2n) is 1.41. The van der Waals surface area contributed by atoms with Gasteiger partial charge in [-0.05, 0) is 0 Å². The van der Waals surface area contributed by atoms with Crippen LogP contribution in [0.5, 0.6) is 0 Å². The van der Waals surface area contributed by atoms with Gasteiger partial charge in [-0.25, -0.2) is 0 Å². The van der Waals surface area contributed by atoms with E-state index in [1.54, 1.807) is 6.08 Å². The molecule has 0 aliphatic rings. The molecule has 0 amide bonds. The lowest BCUT2D eigenvalue weighted by atomic mass is 10.2. The first-order chi connectivity index (χ1) is 3.72. The SMILES string of the molecule is C=CC(O)C(Br)C=C. The number of halogens is 1. The third kappa shape index (κ3) is 2.28. The molecular weight excluding hydrogens is 168 g/mol. The zero-order chi connectivity index (χ0) is 6.57. The maximum Gasteiger partial charge on any atom is 0.0878 e. The van der Waals surface area contributed by atoms with Crippen molar-refractivity contribution in [3.05, 3.63) is 25.3 Å². The second kappa shape index (κ2) is 3.87. The number of rotatable bonds is 3. The molecule has 0 radical (unpaired) electrons. The molecule has 0 heterocycles. The van der Waals surface area contributed by atoms with E-state index in [0.29, 0.717) is 0 Å². The zero-order valence-electron chi connectivity index (χ0n) is 4.55. The highest BCUT2D eigenvalue weighted by Crippen LogP contribution is 2.06. The predicted octanol–water partition coefficient (Wildman–Crippen LogP) is 1.48. The van der Waals surface area contributed by atoms with Crippen LogP contribution in [0, 0.1) is 0 Å². The molecule has 0 aliphatic carbocycles. The normalized spacial score (nSPS) is 16.8. The minimum atomic E-state index is -0.521. The molecule has 1 nitrogen and oxygen atoms in total. The van der Waals surface area contributed by atoms with E-state index in [9.17, 15) is 0 Å². The van der Waals surface area contributed by atoms with Gasteiger partial charge in [-0.3, -0.25) is 0 Å². The van der Waals surface area contributed by atoms with Gasteiger partial charge in [0.25, 0.3) is 0 Å². The Labute approximate surface area is 57.8 Å². The van der Waals surface area contributed by atoms with E-state index >= 15 is 0 Å². The second-order valence-corrected chi connectivity index (χ2v) is 2.46. The topological polar surface area (TPSA) is 20.2 Å². The summed E-state index contributed by atoms with van der Waals surface area (Å²) < 4.78 is 0. The molecule has 46 valence electrons. The van der Waals surface area contributed by atoms with Crippen LogP contribution < -0.4 is 0 Å². The van der Waals surface area contributed by atoms with Crippen LogP contribution in [0.2, 0.25) is 0 Å². The van der Waals surface area contributed by atoms with Crippen molar-refractivity contribution in [2.45, 2.75) is 10.9 Å². The van der Waals surface area contributed by atoms with Gasteiger partial charge < -0.3 is 5.11 Å². The molecule has 0 fully saturated rings. The first kappa shape index (κ1) is 7.92. The molecular formula is C6H9BrO. The lowest BCUT2D eigenvalue weighted by Crippen LogP contribution is -2.13. The van der Waals surface area contributed by atoms with E-state index < -0.39 is 6.10 Å². The number of aliphatic hydroxyl groups is 1. The monoisotopic (exact) mass is 176 g/mol. The minimum Gasteiger partial charge on any atom is -0.388 e. The van der Waals surface area contributed by atoms with Gasteiger partial charge in [-0.15, -0.1) is 13.2 Å². The Morgan fingerprint density at radius 2 is 1.88 bits per heavy atom. The standard InChI is InChI=1S/C6H9BrO/c1-3-5(7)6(8)4-2/h3-6,8H,1-2H2. The Balaban J connectivity index is 3.60. The Morgan fingerprint density at radius 1 is 1.38 bits per heavy atom. The summed E-state index contributed by atoms with van der Waals surface area (Å²) in [5.41, 5.74) is 0. The molecule has 1 N–H and O–H groups in total. The maximum atomic E-state index is 8.89. The Hall–Kier alpha value is -0.0800. The molecule has 2 heteroatoms. The summed E-state index contributed by atoms with van der Waals surface area (Å²) in [6.07, 6.45) is 2.56. The molecule has 0 aromatic carbocycles. The average molecular weight is 177 g/mol. The molecule has 0 saturated heterocycles. The van der Waals surface area contributed by atoms with Crippen LogP contribution in [-0.4, -0.2) is 16.0 Å². The van der Waals surface area contributed by atoms with Crippen LogP contribution in [-0.2, 0) is 0 Å². The lowest BCUT2D eigenvalue weighted by molar-refractivity contribution is 0.234. The molecule has 2 unspecified atom stereocenters. The van der Waals surface area contributed by atoms with Gasteiger partial charge in [0.15, 0.2) is 0 Å². The van der Waals surface area contributed by atoms with Crippen LogP contribution in [0.3, 0.4) is 0 Å². The van der Waals surface area contributed by atoms with Gasteiger partial charge in [0, 0.05) is 0 Å². The van der Waals surface area contributed by atoms with Crippen LogP contribution >= 0.6 is 15.9 Å². The molecule has 0 aromatic heterocycles. The molecule has 0 saturated carbocycles. The van der Waals surface area contributed by atoms with Gasteiger partial charge in [-0.1, -0.05) is 28.1 Å². The Bertz CT molecular complexity index is 78.5. The van der Waals surface area contributed by atoms with Crippen LogP contribution in [0.15, 0.2) is 25.3 Å². The Kier molecular flexibility index (Phi) is 3.83. The number of aliphatic hydroxyl groups excluding tert-OH is 1. The molecule has 2 atom stereocenters. The van der Waals surface area contributed by atoms with Crippen molar-refractivity contribution in [2.75, 3.05) is 0 Å². The summed E-state index contributed by atoms with van der Waals surface area (Å²) in [5, 5.41) is 8.89. The van der Waals surface area contributed by atoms with Crippen molar-refractivity contribution in [1.82, 2.24) is 0 Å². The fourth-order valence-electron chi connectivity index (χ4n) is 0.269. The van der Waals surface area contributed by atoms with E-state index in [1.807, 2.05) is 0 Å². The summed E-state index contributed by atoms with van der Waals surface area (Å²) >= 11 is 3.16. The highest BCUT2D eigenvalue weighted by atomic mass is 79.9. The van der Waals surface area contributed by atoms with Crippen molar-refractivity contribution < 1.29 is 5.11 Å².